The molecule has 2 aromatic rings. The van der Waals surface area contributed by atoms with Gasteiger partial charge in [0.2, 0.25) is 5.91 Å². The first-order valence-corrected chi connectivity index (χ1v) is 7.27. The summed E-state index contributed by atoms with van der Waals surface area (Å²) < 4.78 is 39.4. The molecular weight excluding hydrogens is 335 g/mol. The van der Waals surface area contributed by atoms with Crippen molar-refractivity contribution in [1.29, 1.82) is 0 Å². The Morgan fingerprint density at radius 3 is 2.74 bits per heavy atom. The van der Waals surface area contributed by atoms with E-state index in [-0.39, 0.29) is 41.3 Å². The van der Waals surface area contributed by atoms with Gasteiger partial charge in [0.15, 0.2) is 5.65 Å². The van der Waals surface area contributed by atoms with E-state index in [9.17, 15) is 18.0 Å². The Morgan fingerprint density at radius 1 is 1.48 bits per heavy atom. The van der Waals surface area contributed by atoms with Gasteiger partial charge in [0.1, 0.15) is 0 Å². The van der Waals surface area contributed by atoms with E-state index in [0.29, 0.717) is 6.42 Å². The number of imidazole rings is 1. The zero-order valence-corrected chi connectivity index (χ0v) is 12.9. The smallest absolute Gasteiger partial charge is 0.394 e. The highest BCUT2D eigenvalue weighted by atomic mass is 35.5. The summed E-state index contributed by atoms with van der Waals surface area (Å²) in [5, 5.41) is 11.5. The van der Waals surface area contributed by atoms with Gasteiger partial charge in [0, 0.05) is 12.4 Å². The predicted octanol–water partition coefficient (Wildman–Crippen LogP) is 2.44. The third-order valence-electron chi connectivity index (χ3n) is 3.30. The normalized spacial score (nSPS) is 13.3. The number of pyridine rings is 1. The Labute approximate surface area is 135 Å². The van der Waals surface area contributed by atoms with Gasteiger partial charge in [-0.25, -0.2) is 4.98 Å². The zero-order chi connectivity index (χ0) is 17.2. The SMILES string of the molecule is CCC(CO)NC(=O)Cc1cn2cc(C(F)(F)F)cc(Cl)c2n1. The molecule has 1 amide bonds. The summed E-state index contributed by atoms with van der Waals surface area (Å²) >= 11 is 5.83. The number of aliphatic hydroxyl groups excluding tert-OH is 1. The molecule has 2 aromatic heterocycles. The monoisotopic (exact) mass is 349 g/mol. The van der Waals surface area contributed by atoms with Crippen molar-refractivity contribution in [1.82, 2.24) is 14.7 Å². The topological polar surface area (TPSA) is 66.6 Å². The van der Waals surface area contributed by atoms with Gasteiger partial charge in [-0.3, -0.25) is 4.79 Å². The van der Waals surface area contributed by atoms with E-state index < -0.39 is 11.7 Å². The maximum atomic E-state index is 12.8. The van der Waals surface area contributed by atoms with Crippen LogP contribution < -0.4 is 5.32 Å². The third-order valence-corrected chi connectivity index (χ3v) is 3.58. The number of carbonyl (C=O) groups is 1. The van der Waals surface area contributed by atoms with Crippen molar-refractivity contribution in [2.75, 3.05) is 6.61 Å². The lowest BCUT2D eigenvalue weighted by Crippen LogP contribution is -2.37. The Morgan fingerprint density at radius 2 is 2.17 bits per heavy atom. The van der Waals surface area contributed by atoms with Gasteiger partial charge in [-0.2, -0.15) is 13.2 Å². The number of nitrogens with one attached hydrogen (secondary N) is 1. The lowest BCUT2D eigenvalue weighted by molar-refractivity contribution is -0.137. The number of aromatic nitrogens is 2. The molecule has 0 aliphatic rings. The summed E-state index contributed by atoms with van der Waals surface area (Å²) in [6.45, 7) is 1.62. The highest BCUT2D eigenvalue weighted by Crippen LogP contribution is 2.32. The fraction of sp³-hybridized carbons (Fsp3) is 0.429. The zero-order valence-electron chi connectivity index (χ0n) is 12.2. The molecule has 0 spiro atoms. The van der Waals surface area contributed by atoms with E-state index in [1.165, 1.54) is 6.20 Å². The van der Waals surface area contributed by atoms with Crippen molar-refractivity contribution in [3.63, 3.8) is 0 Å². The molecule has 0 bridgehead atoms. The van der Waals surface area contributed by atoms with Gasteiger partial charge in [-0.15, -0.1) is 0 Å². The van der Waals surface area contributed by atoms with Gasteiger partial charge in [-0.1, -0.05) is 18.5 Å². The van der Waals surface area contributed by atoms with Crippen molar-refractivity contribution in [3.05, 3.63) is 34.7 Å². The van der Waals surface area contributed by atoms with Gasteiger partial charge >= 0.3 is 6.18 Å². The molecule has 0 fully saturated rings. The van der Waals surface area contributed by atoms with Crippen LogP contribution in [0.1, 0.15) is 24.6 Å². The summed E-state index contributed by atoms with van der Waals surface area (Å²) in [5.74, 6) is -0.374. The van der Waals surface area contributed by atoms with Crippen LogP contribution in [-0.2, 0) is 17.4 Å². The van der Waals surface area contributed by atoms with Crippen LogP contribution in [0.5, 0.6) is 0 Å². The summed E-state index contributed by atoms with van der Waals surface area (Å²) in [6.07, 6.45) is -1.87. The van der Waals surface area contributed by atoms with Crippen LogP contribution in [0.3, 0.4) is 0 Å². The largest absolute Gasteiger partial charge is 0.417 e. The van der Waals surface area contributed by atoms with E-state index in [4.69, 9.17) is 16.7 Å². The van der Waals surface area contributed by atoms with Crippen LogP contribution in [0.25, 0.3) is 5.65 Å². The Bertz CT molecular complexity index is 711. The molecule has 5 nitrogen and oxygen atoms in total. The van der Waals surface area contributed by atoms with Crippen LogP contribution in [-0.4, -0.2) is 33.0 Å². The molecule has 0 radical (unpaired) electrons. The molecule has 2 rings (SSSR count). The average Bonchev–Trinajstić information content (AvgIpc) is 2.86. The van der Waals surface area contributed by atoms with E-state index in [0.717, 1.165) is 16.7 Å². The molecule has 126 valence electrons. The molecular formula is C14H15ClF3N3O2. The predicted molar refractivity (Wildman–Crippen MR) is 78.2 cm³/mol. The third kappa shape index (κ3) is 4.14. The quantitative estimate of drug-likeness (QED) is 0.871. The minimum Gasteiger partial charge on any atom is -0.394 e. The van der Waals surface area contributed by atoms with E-state index in [2.05, 4.69) is 10.3 Å². The summed E-state index contributed by atoms with van der Waals surface area (Å²) in [6, 6.07) is 0.437. The van der Waals surface area contributed by atoms with Crippen molar-refractivity contribution in [3.8, 4) is 0 Å². The maximum Gasteiger partial charge on any atom is 0.417 e. The molecule has 2 heterocycles. The van der Waals surface area contributed by atoms with Gasteiger partial charge < -0.3 is 14.8 Å². The second-order valence-electron chi connectivity index (χ2n) is 5.07. The van der Waals surface area contributed by atoms with Crippen molar-refractivity contribution < 1.29 is 23.1 Å². The first-order valence-electron chi connectivity index (χ1n) is 6.89. The minimum absolute atomic E-state index is 0.115. The minimum atomic E-state index is -4.52. The number of aliphatic hydroxyl groups is 1. The molecule has 1 unspecified atom stereocenters. The van der Waals surface area contributed by atoms with Crippen molar-refractivity contribution >= 4 is 23.2 Å². The molecule has 0 aliphatic carbocycles. The number of amides is 1. The number of carbonyl (C=O) groups excluding carboxylic acids is 1. The lowest BCUT2D eigenvalue weighted by Gasteiger charge is -2.13. The van der Waals surface area contributed by atoms with Crippen LogP contribution in [0, 0.1) is 0 Å². The van der Waals surface area contributed by atoms with E-state index >= 15 is 0 Å². The van der Waals surface area contributed by atoms with Crippen molar-refractivity contribution in [2.45, 2.75) is 32.0 Å². The molecule has 1 atom stereocenters. The van der Waals surface area contributed by atoms with Crippen LogP contribution in [0.4, 0.5) is 13.2 Å². The molecule has 0 aliphatic heterocycles. The Kier molecular flexibility index (Phi) is 5.16. The number of halogens is 4. The van der Waals surface area contributed by atoms with Gasteiger partial charge in [0.25, 0.3) is 0 Å². The maximum absolute atomic E-state index is 12.8. The van der Waals surface area contributed by atoms with Crippen LogP contribution in [0.15, 0.2) is 18.5 Å². The molecule has 0 aromatic carbocycles. The second-order valence-corrected chi connectivity index (χ2v) is 5.48. The highest BCUT2D eigenvalue weighted by molar-refractivity contribution is 6.33. The number of rotatable bonds is 5. The molecule has 0 saturated heterocycles. The summed E-state index contributed by atoms with van der Waals surface area (Å²) in [7, 11) is 0. The summed E-state index contributed by atoms with van der Waals surface area (Å²) in [4.78, 5) is 15.9. The number of hydrogen-bond donors (Lipinski definition) is 2. The Balaban J connectivity index is 2.23. The lowest BCUT2D eigenvalue weighted by atomic mass is 10.2. The van der Waals surface area contributed by atoms with Crippen LogP contribution in [0.2, 0.25) is 5.02 Å². The standard InChI is InChI=1S/C14H15ClF3N3O2/c1-2-9(7-22)19-12(23)4-10-6-21-5-8(14(16,17)18)3-11(15)13(21)20-10/h3,5-6,9,22H,2,4,7H2,1H3,(H,19,23). The Hall–Kier alpha value is -1.80. The number of hydrogen-bond acceptors (Lipinski definition) is 3. The van der Waals surface area contributed by atoms with E-state index in [1.807, 2.05) is 6.92 Å². The van der Waals surface area contributed by atoms with Gasteiger partial charge in [0.05, 0.1) is 35.3 Å². The first kappa shape index (κ1) is 17.6. The fourth-order valence-electron chi connectivity index (χ4n) is 2.07. The van der Waals surface area contributed by atoms with E-state index in [1.54, 1.807) is 0 Å². The molecule has 9 heteroatoms. The molecule has 2 N–H and O–H groups in total. The second kappa shape index (κ2) is 6.76. The first-order chi connectivity index (χ1) is 10.7. The number of alkyl halides is 3. The van der Waals surface area contributed by atoms with Crippen LogP contribution >= 0.6 is 11.6 Å². The highest BCUT2D eigenvalue weighted by Gasteiger charge is 2.32. The summed E-state index contributed by atoms with van der Waals surface area (Å²) in [5.41, 5.74) is -0.456. The number of fused-ring (bicyclic) bond motifs is 1. The number of nitrogens with zero attached hydrogens (tertiary/aromatic N) is 2. The van der Waals surface area contributed by atoms with Crippen molar-refractivity contribution in [2.24, 2.45) is 0 Å². The fourth-order valence-corrected chi connectivity index (χ4v) is 2.33. The van der Waals surface area contributed by atoms with Gasteiger partial charge in [-0.05, 0) is 12.5 Å². The molecule has 0 saturated carbocycles. The molecule has 23 heavy (non-hydrogen) atoms. The average molecular weight is 350 g/mol.